The minimum atomic E-state index is 0.587. The van der Waals surface area contributed by atoms with E-state index in [0.29, 0.717) is 6.04 Å². The summed E-state index contributed by atoms with van der Waals surface area (Å²) in [5.74, 6) is 1.05. The SMILES string of the molecule is Cc1ccncc1-c1nc2ccc(Br)cc2n1C1CC1. The van der Waals surface area contributed by atoms with Gasteiger partial charge in [-0.15, -0.1) is 0 Å². The summed E-state index contributed by atoms with van der Waals surface area (Å²) < 4.78 is 3.48. The minimum absolute atomic E-state index is 0.587. The second-order valence-corrected chi connectivity index (χ2v) is 6.28. The predicted molar refractivity (Wildman–Crippen MR) is 83.7 cm³/mol. The van der Waals surface area contributed by atoms with Gasteiger partial charge in [-0.05, 0) is 49.6 Å². The highest BCUT2D eigenvalue weighted by Gasteiger charge is 2.29. The van der Waals surface area contributed by atoms with Gasteiger partial charge in [-0.2, -0.15) is 0 Å². The van der Waals surface area contributed by atoms with Gasteiger partial charge in [0.25, 0.3) is 0 Å². The second kappa shape index (κ2) is 4.42. The van der Waals surface area contributed by atoms with Gasteiger partial charge in [0, 0.05) is 28.5 Å². The van der Waals surface area contributed by atoms with Crippen LogP contribution >= 0.6 is 15.9 Å². The van der Waals surface area contributed by atoms with Crippen LogP contribution in [0.5, 0.6) is 0 Å². The van der Waals surface area contributed by atoms with Crippen molar-refractivity contribution in [2.75, 3.05) is 0 Å². The average molecular weight is 328 g/mol. The highest BCUT2D eigenvalue weighted by atomic mass is 79.9. The molecule has 20 heavy (non-hydrogen) atoms. The fourth-order valence-corrected chi connectivity index (χ4v) is 3.01. The summed E-state index contributed by atoms with van der Waals surface area (Å²) in [5.41, 5.74) is 4.61. The molecule has 0 saturated heterocycles. The van der Waals surface area contributed by atoms with Gasteiger partial charge in [-0.25, -0.2) is 4.98 Å². The third kappa shape index (κ3) is 1.86. The smallest absolute Gasteiger partial charge is 0.143 e. The fraction of sp³-hybridized carbons (Fsp3) is 0.250. The molecule has 2 heterocycles. The van der Waals surface area contributed by atoms with Crippen molar-refractivity contribution in [1.29, 1.82) is 0 Å². The molecule has 0 N–H and O–H groups in total. The van der Waals surface area contributed by atoms with E-state index in [-0.39, 0.29) is 0 Å². The Bertz CT molecular complexity index is 803. The molecule has 0 amide bonds. The molecule has 1 saturated carbocycles. The molecule has 1 aliphatic carbocycles. The number of aromatic nitrogens is 3. The van der Waals surface area contributed by atoms with Gasteiger partial charge in [0.2, 0.25) is 0 Å². The first kappa shape index (κ1) is 12.1. The zero-order valence-corrected chi connectivity index (χ0v) is 12.8. The Kier molecular flexibility index (Phi) is 2.67. The Labute approximate surface area is 125 Å². The van der Waals surface area contributed by atoms with Gasteiger partial charge in [-0.3, -0.25) is 4.98 Å². The van der Waals surface area contributed by atoms with Crippen LogP contribution in [0.4, 0.5) is 0 Å². The molecule has 0 radical (unpaired) electrons. The average Bonchev–Trinajstić information content (AvgIpc) is 3.20. The lowest BCUT2D eigenvalue weighted by molar-refractivity contribution is 0.774. The number of hydrogen-bond donors (Lipinski definition) is 0. The first-order valence-corrected chi connectivity index (χ1v) is 7.62. The lowest BCUT2D eigenvalue weighted by atomic mass is 10.1. The summed E-state index contributed by atoms with van der Waals surface area (Å²) >= 11 is 3.56. The van der Waals surface area contributed by atoms with Crippen LogP contribution in [0.1, 0.15) is 24.4 Å². The Morgan fingerprint density at radius 2 is 2.10 bits per heavy atom. The number of aryl methyl sites for hydroxylation is 1. The Morgan fingerprint density at radius 3 is 2.85 bits per heavy atom. The molecular formula is C16H14BrN3. The quantitative estimate of drug-likeness (QED) is 0.693. The summed E-state index contributed by atoms with van der Waals surface area (Å²) in [6, 6.07) is 8.92. The van der Waals surface area contributed by atoms with E-state index < -0.39 is 0 Å². The lowest BCUT2D eigenvalue weighted by Crippen LogP contribution is -1.99. The number of rotatable bonds is 2. The monoisotopic (exact) mass is 327 g/mol. The van der Waals surface area contributed by atoms with Crippen LogP contribution in [0.15, 0.2) is 41.1 Å². The van der Waals surface area contributed by atoms with Crippen molar-refractivity contribution in [3.8, 4) is 11.4 Å². The van der Waals surface area contributed by atoms with E-state index in [0.717, 1.165) is 21.4 Å². The summed E-state index contributed by atoms with van der Waals surface area (Å²) in [4.78, 5) is 9.12. The summed E-state index contributed by atoms with van der Waals surface area (Å²) in [6.45, 7) is 2.11. The Balaban J connectivity index is 2.04. The molecular weight excluding hydrogens is 314 g/mol. The zero-order chi connectivity index (χ0) is 13.7. The van der Waals surface area contributed by atoms with Gasteiger partial charge in [0.1, 0.15) is 5.82 Å². The Morgan fingerprint density at radius 1 is 1.25 bits per heavy atom. The maximum Gasteiger partial charge on any atom is 0.143 e. The lowest BCUT2D eigenvalue weighted by Gasteiger charge is -2.09. The van der Waals surface area contributed by atoms with E-state index in [9.17, 15) is 0 Å². The topological polar surface area (TPSA) is 30.7 Å². The molecule has 1 aliphatic rings. The van der Waals surface area contributed by atoms with Crippen molar-refractivity contribution in [3.05, 3.63) is 46.7 Å². The molecule has 0 aliphatic heterocycles. The van der Waals surface area contributed by atoms with Crippen LogP contribution in [0.25, 0.3) is 22.4 Å². The standard InChI is InChI=1S/C16H14BrN3/c1-10-6-7-18-9-13(10)16-19-14-5-2-11(17)8-15(14)20(16)12-3-4-12/h2,5-9,12H,3-4H2,1H3. The molecule has 0 unspecified atom stereocenters. The first-order valence-electron chi connectivity index (χ1n) is 6.82. The van der Waals surface area contributed by atoms with E-state index >= 15 is 0 Å². The van der Waals surface area contributed by atoms with E-state index in [1.165, 1.54) is 23.9 Å². The fourth-order valence-electron chi connectivity index (χ4n) is 2.66. The van der Waals surface area contributed by atoms with Gasteiger partial charge in [0.15, 0.2) is 0 Å². The van der Waals surface area contributed by atoms with Gasteiger partial charge < -0.3 is 4.57 Å². The molecule has 3 nitrogen and oxygen atoms in total. The molecule has 3 aromatic rings. The summed E-state index contributed by atoms with van der Waals surface area (Å²) in [5, 5.41) is 0. The molecule has 1 aromatic carbocycles. The van der Waals surface area contributed by atoms with Crippen molar-refractivity contribution in [3.63, 3.8) is 0 Å². The number of halogens is 1. The molecule has 100 valence electrons. The molecule has 4 heteroatoms. The van der Waals surface area contributed by atoms with E-state index in [2.05, 4.69) is 44.5 Å². The third-order valence-electron chi connectivity index (χ3n) is 3.84. The molecule has 2 aromatic heterocycles. The summed E-state index contributed by atoms with van der Waals surface area (Å²) in [6.07, 6.45) is 6.23. The van der Waals surface area contributed by atoms with Crippen molar-refractivity contribution >= 4 is 27.0 Å². The number of nitrogens with zero attached hydrogens (tertiary/aromatic N) is 3. The van der Waals surface area contributed by atoms with E-state index in [1.807, 2.05) is 24.5 Å². The zero-order valence-electron chi connectivity index (χ0n) is 11.2. The molecule has 0 atom stereocenters. The van der Waals surface area contributed by atoms with Crippen LogP contribution in [-0.4, -0.2) is 14.5 Å². The van der Waals surface area contributed by atoms with Crippen molar-refractivity contribution < 1.29 is 0 Å². The molecule has 0 spiro atoms. The normalized spacial score (nSPS) is 14.9. The Hall–Kier alpha value is -1.68. The maximum absolute atomic E-state index is 4.85. The number of pyridine rings is 1. The van der Waals surface area contributed by atoms with Crippen molar-refractivity contribution in [1.82, 2.24) is 14.5 Å². The number of benzene rings is 1. The summed E-state index contributed by atoms with van der Waals surface area (Å²) in [7, 11) is 0. The minimum Gasteiger partial charge on any atom is -0.321 e. The van der Waals surface area contributed by atoms with Gasteiger partial charge in [-0.1, -0.05) is 15.9 Å². The van der Waals surface area contributed by atoms with Crippen LogP contribution in [0, 0.1) is 6.92 Å². The van der Waals surface area contributed by atoms with Crippen LogP contribution in [0.2, 0.25) is 0 Å². The second-order valence-electron chi connectivity index (χ2n) is 5.36. The molecule has 0 bridgehead atoms. The van der Waals surface area contributed by atoms with Crippen LogP contribution in [0.3, 0.4) is 0 Å². The maximum atomic E-state index is 4.85. The van der Waals surface area contributed by atoms with Crippen LogP contribution in [-0.2, 0) is 0 Å². The highest BCUT2D eigenvalue weighted by Crippen LogP contribution is 2.42. The van der Waals surface area contributed by atoms with Crippen LogP contribution < -0.4 is 0 Å². The largest absolute Gasteiger partial charge is 0.321 e. The number of imidazole rings is 1. The highest BCUT2D eigenvalue weighted by molar-refractivity contribution is 9.10. The molecule has 4 rings (SSSR count). The van der Waals surface area contributed by atoms with Crippen molar-refractivity contribution in [2.24, 2.45) is 0 Å². The van der Waals surface area contributed by atoms with Gasteiger partial charge in [0.05, 0.1) is 11.0 Å². The predicted octanol–water partition coefficient (Wildman–Crippen LogP) is 4.50. The van der Waals surface area contributed by atoms with E-state index in [1.54, 1.807) is 0 Å². The van der Waals surface area contributed by atoms with Crippen molar-refractivity contribution in [2.45, 2.75) is 25.8 Å². The number of fused-ring (bicyclic) bond motifs is 1. The number of hydrogen-bond acceptors (Lipinski definition) is 2. The van der Waals surface area contributed by atoms with Gasteiger partial charge >= 0.3 is 0 Å². The third-order valence-corrected chi connectivity index (χ3v) is 4.34. The first-order chi connectivity index (χ1) is 9.74. The van der Waals surface area contributed by atoms with E-state index in [4.69, 9.17) is 4.98 Å². The molecule has 1 fully saturated rings.